The second-order valence-corrected chi connectivity index (χ2v) is 4.70. The lowest BCUT2D eigenvalue weighted by Crippen LogP contribution is -2.03. The Morgan fingerprint density at radius 3 is 3.00 bits per heavy atom. The van der Waals surface area contributed by atoms with E-state index in [0.717, 1.165) is 18.5 Å². The molecule has 0 aliphatic heterocycles. The maximum absolute atomic E-state index is 12.8. The van der Waals surface area contributed by atoms with Crippen molar-refractivity contribution in [3.8, 4) is 0 Å². The van der Waals surface area contributed by atoms with Crippen LogP contribution in [0.1, 0.15) is 36.8 Å². The van der Waals surface area contributed by atoms with E-state index in [0.29, 0.717) is 11.8 Å². The number of aromatic nitrogens is 1. The molecule has 1 unspecified atom stereocenters. The van der Waals surface area contributed by atoms with Crippen LogP contribution < -0.4 is 0 Å². The van der Waals surface area contributed by atoms with Crippen molar-refractivity contribution >= 4 is 11.3 Å². The summed E-state index contributed by atoms with van der Waals surface area (Å²) in [7, 11) is 0. The van der Waals surface area contributed by atoms with Crippen molar-refractivity contribution in [1.82, 2.24) is 4.98 Å². The van der Waals surface area contributed by atoms with E-state index in [1.165, 1.54) is 16.2 Å². The third kappa shape index (κ3) is 1.16. The van der Waals surface area contributed by atoms with Crippen LogP contribution >= 0.6 is 11.3 Å². The first-order valence-corrected chi connectivity index (χ1v) is 5.15. The summed E-state index contributed by atoms with van der Waals surface area (Å²) in [6, 6.07) is 0. The maximum Gasteiger partial charge on any atom is 0.269 e. The van der Waals surface area contributed by atoms with Crippen LogP contribution in [0.15, 0.2) is 0 Å². The van der Waals surface area contributed by atoms with Gasteiger partial charge in [-0.25, -0.2) is 4.98 Å². The molecule has 1 nitrogen and oxygen atoms in total. The van der Waals surface area contributed by atoms with Gasteiger partial charge >= 0.3 is 0 Å². The van der Waals surface area contributed by atoms with E-state index < -0.39 is 0 Å². The summed E-state index contributed by atoms with van der Waals surface area (Å²) in [5.74, 6) is 1.09. The van der Waals surface area contributed by atoms with Crippen molar-refractivity contribution < 1.29 is 4.39 Å². The van der Waals surface area contributed by atoms with Crippen LogP contribution in [0.4, 0.5) is 4.39 Å². The first-order chi connectivity index (χ1) is 5.68. The van der Waals surface area contributed by atoms with Crippen LogP contribution in [-0.4, -0.2) is 4.98 Å². The highest BCUT2D eigenvalue weighted by Gasteiger charge is 2.29. The fourth-order valence-electron chi connectivity index (χ4n) is 1.87. The van der Waals surface area contributed by atoms with E-state index >= 15 is 0 Å². The van der Waals surface area contributed by atoms with E-state index in [1.807, 2.05) is 0 Å². The molecule has 0 saturated carbocycles. The molecule has 0 radical (unpaired) electrons. The molecule has 0 bridgehead atoms. The quantitative estimate of drug-likeness (QED) is 0.655. The van der Waals surface area contributed by atoms with Crippen molar-refractivity contribution in [1.29, 1.82) is 0 Å². The summed E-state index contributed by atoms with van der Waals surface area (Å²) in [4.78, 5) is 5.12. The van der Waals surface area contributed by atoms with Gasteiger partial charge < -0.3 is 0 Å². The minimum absolute atomic E-state index is 0.259. The van der Waals surface area contributed by atoms with Gasteiger partial charge in [0.05, 0.1) is 5.69 Å². The van der Waals surface area contributed by atoms with Gasteiger partial charge in [0.2, 0.25) is 0 Å². The van der Waals surface area contributed by atoms with Crippen LogP contribution in [0, 0.1) is 11.2 Å². The predicted molar refractivity (Wildman–Crippen MR) is 48.0 cm³/mol. The predicted octanol–water partition coefficient (Wildman–Crippen LogP) is 2.97. The molecule has 1 aliphatic carbocycles. The van der Waals surface area contributed by atoms with Gasteiger partial charge in [0.1, 0.15) is 0 Å². The second-order valence-electron chi connectivity index (χ2n) is 3.66. The fraction of sp³-hybridized carbons (Fsp3) is 0.667. The van der Waals surface area contributed by atoms with Gasteiger partial charge in [0.15, 0.2) is 0 Å². The molecule has 12 heavy (non-hydrogen) atoms. The third-order valence-corrected chi connectivity index (χ3v) is 3.46. The van der Waals surface area contributed by atoms with Crippen molar-refractivity contribution in [2.45, 2.75) is 32.6 Å². The first-order valence-electron chi connectivity index (χ1n) is 4.33. The minimum atomic E-state index is -0.259. The van der Waals surface area contributed by atoms with Gasteiger partial charge in [-0.1, -0.05) is 25.2 Å². The zero-order valence-electron chi connectivity index (χ0n) is 7.30. The molecule has 0 amide bonds. The summed E-state index contributed by atoms with van der Waals surface area (Å²) in [5.41, 5.74) is 1.03. The molecule has 1 heterocycles. The largest absolute Gasteiger partial charge is 0.269 e. The number of hydrogen-bond acceptors (Lipinski definition) is 2. The van der Waals surface area contributed by atoms with Crippen molar-refractivity contribution in [3.63, 3.8) is 0 Å². The molecule has 1 aromatic heterocycles. The molecule has 1 aliphatic rings. The highest BCUT2D eigenvalue weighted by molar-refractivity contribution is 7.10. The lowest BCUT2D eigenvalue weighted by molar-refractivity contribution is 0.480. The Balaban J connectivity index is 2.34. The van der Waals surface area contributed by atoms with E-state index in [4.69, 9.17) is 0 Å². The zero-order chi connectivity index (χ0) is 8.72. The lowest BCUT2D eigenvalue weighted by Gasteiger charge is -2.12. The molecule has 0 aromatic carbocycles. The van der Waals surface area contributed by atoms with Gasteiger partial charge in [-0.15, -0.1) is 0 Å². The Kier molecular flexibility index (Phi) is 1.91. The Bertz CT molecular complexity index is 293. The summed E-state index contributed by atoms with van der Waals surface area (Å²) >= 11 is 1.22. The number of halogens is 1. The van der Waals surface area contributed by atoms with Crippen molar-refractivity contribution in [2.24, 2.45) is 5.92 Å². The molecule has 66 valence electrons. The molecule has 3 heteroatoms. The monoisotopic (exact) mass is 185 g/mol. The lowest BCUT2D eigenvalue weighted by atomic mass is 9.94. The number of rotatable bonds is 1. The highest BCUT2D eigenvalue weighted by atomic mass is 32.1. The van der Waals surface area contributed by atoms with Gasteiger partial charge in [-0.05, 0) is 18.8 Å². The summed E-state index contributed by atoms with van der Waals surface area (Å²) < 4.78 is 12.8. The van der Waals surface area contributed by atoms with Crippen LogP contribution in [0.25, 0.3) is 0 Å². The van der Waals surface area contributed by atoms with Crippen molar-refractivity contribution in [3.05, 3.63) is 15.8 Å². The highest BCUT2D eigenvalue weighted by Crippen LogP contribution is 2.39. The topological polar surface area (TPSA) is 12.9 Å². The Labute approximate surface area is 75.6 Å². The van der Waals surface area contributed by atoms with Gasteiger partial charge in [0, 0.05) is 10.8 Å². The summed E-state index contributed by atoms with van der Waals surface area (Å²) in [6.07, 6.45) is 2.19. The summed E-state index contributed by atoms with van der Waals surface area (Å²) in [5, 5.41) is -0.259. The molecule has 1 aromatic rings. The second kappa shape index (κ2) is 2.80. The SMILES string of the molecule is CC(C)C1CCc2sc(F)nc21. The molecule has 0 N–H and O–H groups in total. The Morgan fingerprint density at radius 1 is 1.58 bits per heavy atom. The molecule has 0 spiro atoms. The Morgan fingerprint density at radius 2 is 2.33 bits per heavy atom. The van der Waals surface area contributed by atoms with E-state index in [-0.39, 0.29) is 5.26 Å². The van der Waals surface area contributed by atoms with Crippen molar-refractivity contribution in [2.75, 3.05) is 0 Å². The minimum Gasteiger partial charge on any atom is -0.214 e. The first kappa shape index (κ1) is 8.17. The van der Waals surface area contributed by atoms with Crippen LogP contribution in [0.5, 0.6) is 0 Å². The van der Waals surface area contributed by atoms with Crippen LogP contribution in [0.2, 0.25) is 0 Å². The average molecular weight is 185 g/mol. The molecule has 0 saturated heterocycles. The zero-order valence-corrected chi connectivity index (χ0v) is 8.12. The van der Waals surface area contributed by atoms with Gasteiger partial charge in [-0.2, -0.15) is 4.39 Å². The normalized spacial score (nSPS) is 21.8. The molecular weight excluding hydrogens is 173 g/mol. The van der Waals surface area contributed by atoms with Gasteiger partial charge in [-0.3, -0.25) is 0 Å². The van der Waals surface area contributed by atoms with E-state index in [1.54, 1.807) is 0 Å². The number of hydrogen-bond donors (Lipinski definition) is 0. The molecule has 1 atom stereocenters. The maximum atomic E-state index is 12.8. The number of aryl methyl sites for hydroxylation is 1. The number of nitrogens with zero attached hydrogens (tertiary/aromatic N) is 1. The summed E-state index contributed by atoms with van der Waals surface area (Å²) in [6.45, 7) is 4.36. The smallest absolute Gasteiger partial charge is 0.214 e. The number of fused-ring (bicyclic) bond motifs is 1. The standard InChI is InChI=1S/C9H12FNS/c1-5(2)6-3-4-7-8(6)11-9(10)12-7/h5-6H,3-4H2,1-2H3. The van der Waals surface area contributed by atoms with E-state index in [2.05, 4.69) is 18.8 Å². The Hall–Kier alpha value is -0.440. The van der Waals surface area contributed by atoms with Crippen LogP contribution in [-0.2, 0) is 6.42 Å². The fourth-order valence-corrected chi connectivity index (χ4v) is 2.74. The number of thiazole rings is 1. The molecular formula is C9H12FNS. The van der Waals surface area contributed by atoms with Crippen LogP contribution in [0.3, 0.4) is 0 Å². The van der Waals surface area contributed by atoms with Gasteiger partial charge in [0.25, 0.3) is 5.26 Å². The molecule has 2 rings (SSSR count). The van der Waals surface area contributed by atoms with E-state index in [9.17, 15) is 4.39 Å². The third-order valence-electron chi connectivity index (χ3n) is 2.54. The molecule has 0 fully saturated rings. The average Bonchev–Trinajstić information content (AvgIpc) is 2.43.